The highest BCUT2D eigenvalue weighted by Crippen LogP contribution is 2.19. The zero-order valence-electron chi connectivity index (χ0n) is 11.8. The first-order chi connectivity index (χ1) is 10.0. The van der Waals surface area contributed by atoms with E-state index in [2.05, 4.69) is 0 Å². The topological polar surface area (TPSA) is 60.4 Å². The minimum Gasteiger partial charge on any atom is -0.423 e. The van der Waals surface area contributed by atoms with Gasteiger partial charge in [0.15, 0.2) is 6.29 Å². The fourth-order valence-electron chi connectivity index (χ4n) is 2.08. The average molecular weight is 282 g/mol. The molecular weight excluding hydrogens is 268 g/mol. The Balaban J connectivity index is 2.28. The average Bonchev–Trinajstić information content (AvgIpc) is 2.46. The van der Waals surface area contributed by atoms with Crippen molar-refractivity contribution in [3.8, 4) is 5.75 Å². The van der Waals surface area contributed by atoms with E-state index in [4.69, 9.17) is 4.74 Å². The first-order valence-electron chi connectivity index (χ1n) is 6.41. The summed E-state index contributed by atoms with van der Waals surface area (Å²) in [7, 11) is 0. The Labute approximate surface area is 122 Å². The second-order valence-corrected chi connectivity index (χ2v) is 4.67. The number of esters is 1. The Morgan fingerprint density at radius 1 is 1.00 bits per heavy atom. The summed E-state index contributed by atoms with van der Waals surface area (Å²) in [5.41, 5.74) is 2.33. The molecule has 0 unspecified atom stereocenters. The molecule has 0 saturated heterocycles. The molecule has 0 atom stereocenters. The third-order valence-electron chi connectivity index (χ3n) is 3.12. The number of aldehydes is 1. The first-order valence-corrected chi connectivity index (χ1v) is 6.41. The van der Waals surface area contributed by atoms with Crippen LogP contribution >= 0.6 is 0 Å². The Bertz CT molecular complexity index is 696. The van der Waals surface area contributed by atoms with E-state index >= 15 is 0 Å². The van der Waals surface area contributed by atoms with Crippen molar-refractivity contribution in [3.63, 3.8) is 0 Å². The van der Waals surface area contributed by atoms with Crippen molar-refractivity contribution in [2.24, 2.45) is 0 Å². The first kappa shape index (κ1) is 14.7. The van der Waals surface area contributed by atoms with Crippen molar-refractivity contribution in [1.82, 2.24) is 0 Å². The van der Waals surface area contributed by atoms with Crippen LogP contribution in [0.15, 0.2) is 42.5 Å². The summed E-state index contributed by atoms with van der Waals surface area (Å²) in [6, 6.07) is 11.5. The largest absolute Gasteiger partial charge is 0.423 e. The lowest BCUT2D eigenvalue weighted by Gasteiger charge is -2.09. The number of Topliss-reactive ketones (excluding diaryl/α,β-unsaturated/α-hetero) is 1. The fraction of sp³-hybridized carbons (Fsp3) is 0.118. The van der Waals surface area contributed by atoms with Crippen LogP contribution in [-0.4, -0.2) is 18.0 Å². The summed E-state index contributed by atoms with van der Waals surface area (Å²) in [4.78, 5) is 34.0. The molecule has 0 fully saturated rings. The number of ether oxygens (including phenoxy) is 1. The number of hydrogen-bond donors (Lipinski definition) is 0. The van der Waals surface area contributed by atoms with Gasteiger partial charge >= 0.3 is 5.97 Å². The van der Waals surface area contributed by atoms with Gasteiger partial charge in [0.05, 0.1) is 5.56 Å². The lowest BCUT2D eigenvalue weighted by molar-refractivity contribution is -0.104. The maximum atomic E-state index is 12.2. The molecule has 4 heteroatoms. The molecule has 0 aliphatic heterocycles. The second-order valence-electron chi connectivity index (χ2n) is 4.67. The lowest BCUT2D eigenvalue weighted by Crippen LogP contribution is -2.12. The predicted molar refractivity (Wildman–Crippen MR) is 77.7 cm³/mol. The van der Waals surface area contributed by atoms with Crippen molar-refractivity contribution < 1.29 is 19.1 Å². The van der Waals surface area contributed by atoms with Gasteiger partial charge in [-0.15, -0.1) is 0 Å². The van der Waals surface area contributed by atoms with E-state index < -0.39 is 11.8 Å². The summed E-state index contributed by atoms with van der Waals surface area (Å²) < 4.78 is 5.29. The minimum atomic E-state index is -0.653. The van der Waals surface area contributed by atoms with Gasteiger partial charge < -0.3 is 4.74 Å². The Hall–Kier alpha value is -2.75. The monoisotopic (exact) mass is 282 g/mol. The molecule has 0 bridgehead atoms. The van der Waals surface area contributed by atoms with Gasteiger partial charge in [0, 0.05) is 5.56 Å². The van der Waals surface area contributed by atoms with Crippen LogP contribution in [-0.2, 0) is 4.79 Å². The summed E-state index contributed by atoms with van der Waals surface area (Å²) in [6.07, 6.45) is 0.229. The Morgan fingerprint density at radius 3 is 2.24 bits per heavy atom. The van der Waals surface area contributed by atoms with E-state index in [0.29, 0.717) is 5.56 Å². The van der Waals surface area contributed by atoms with Gasteiger partial charge in [-0.2, -0.15) is 0 Å². The molecule has 0 aromatic heterocycles. The summed E-state index contributed by atoms with van der Waals surface area (Å²) >= 11 is 0. The molecule has 21 heavy (non-hydrogen) atoms. The molecule has 2 rings (SSSR count). The highest BCUT2D eigenvalue weighted by atomic mass is 16.5. The van der Waals surface area contributed by atoms with E-state index in [0.717, 1.165) is 11.1 Å². The molecule has 0 saturated carbocycles. The number of carbonyl (C=O) groups is 3. The quantitative estimate of drug-likeness (QED) is 0.284. The van der Waals surface area contributed by atoms with Crippen molar-refractivity contribution in [3.05, 3.63) is 64.7 Å². The van der Waals surface area contributed by atoms with Gasteiger partial charge in [-0.05, 0) is 37.1 Å². The van der Waals surface area contributed by atoms with Crippen molar-refractivity contribution in [1.29, 1.82) is 0 Å². The van der Waals surface area contributed by atoms with Crippen molar-refractivity contribution in [2.75, 3.05) is 0 Å². The van der Waals surface area contributed by atoms with E-state index in [1.54, 1.807) is 12.1 Å². The highest BCUT2D eigenvalue weighted by Gasteiger charge is 2.15. The number of aryl methyl sites for hydroxylation is 2. The molecule has 0 radical (unpaired) electrons. The van der Waals surface area contributed by atoms with Crippen LogP contribution in [0.1, 0.15) is 31.8 Å². The van der Waals surface area contributed by atoms with Gasteiger partial charge in [-0.3, -0.25) is 9.59 Å². The van der Waals surface area contributed by atoms with Crippen LogP contribution in [0.3, 0.4) is 0 Å². The number of hydrogen-bond acceptors (Lipinski definition) is 4. The zero-order chi connectivity index (χ0) is 15.4. The maximum absolute atomic E-state index is 12.2. The van der Waals surface area contributed by atoms with Crippen LogP contribution in [0, 0.1) is 13.8 Å². The van der Waals surface area contributed by atoms with Crippen molar-refractivity contribution in [2.45, 2.75) is 13.8 Å². The van der Waals surface area contributed by atoms with Crippen LogP contribution in [0.5, 0.6) is 5.75 Å². The molecule has 0 aliphatic rings. The van der Waals surface area contributed by atoms with E-state index in [-0.39, 0.29) is 17.6 Å². The standard InChI is InChI=1S/C17H14O4/c1-11-5-3-6-12(2)16(11)17(20)21-14-8-4-7-13(9-14)15(19)10-18/h3-10H,1-2H3. The molecule has 4 nitrogen and oxygen atoms in total. The third-order valence-corrected chi connectivity index (χ3v) is 3.12. The normalized spacial score (nSPS) is 10.0. The number of rotatable bonds is 4. The van der Waals surface area contributed by atoms with E-state index in [1.807, 2.05) is 32.0 Å². The zero-order valence-corrected chi connectivity index (χ0v) is 11.8. The minimum absolute atomic E-state index is 0.191. The lowest BCUT2D eigenvalue weighted by atomic mass is 10.0. The maximum Gasteiger partial charge on any atom is 0.344 e. The summed E-state index contributed by atoms with van der Waals surface area (Å²) in [5.74, 6) is -0.906. The number of benzene rings is 2. The SMILES string of the molecule is Cc1cccc(C)c1C(=O)Oc1cccc(C(=O)C=O)c1. The number of carbonyl (C=O) groups excluding carboxylic acids is 3. The van der Waals surface area contributed by atoms with Crippen molar-refractivity contribution >= 4 is 18.0 Å². The van der Waals surface area contributed by atoms with Gasteiger partial charge in [-0.1, -0.05) is 30.3 Å². The molecule has 0 amide bonds. The molecule has 2 aromatic rings. The van der Waals surface area contributed by atoms with Crippen LogP contribution in [0.25, 0.3) is 0 Å². The van der Waals surface area contributed by atoms with E-state index in [9.17, 15) is 14.4 Å². The van der Waals surface area contributed by atoms with Crippen LogP contribution < -0.4 is 4.74 Å². The van der Waals surface area contributed by atoms with Gasteiger partial charge in [0.2, 0.25) is 5.78 Å². The Morgan fingerprint density at radius 2 is 1.62 bits per heavy atom. The molecule has 0 N–H and O–H groups in total. The highest BCUT2D eigenvalue weighted by molar-refractivity contribution is 6.33. The molecular formula is C17H14O4. The fourth-order valence-corrected chi connectivity index (χ4v) is 2.08. The second kappa shape index (κ2) is 6.13. The van der Waals surface area contributed by atoms with Crippen LogP contribution in [0.2, 0.25) is 0 Å². The summed E-state index contributed by atoms with van der Waals surface area (Å²) in [6.45, 7) is 3.66. The predicted octanol–water partition coefficient (Wildman–Crippen LogP) is 2.90. The smallest absolute Gasteiger partial charge is 0.344 e. The number of ketones is 1. The van der Waals surface area contributed by atoms with E-state index in [1.165, 1.54) is 12.1 Å². The van der Waals surface area contributed by atoms with Gasteiger partial charge in [0.25, 0.3) is 0 Å². The Kier molecular flexibility index (Phi) is 4.28. The third kappa shape index (κ3) is 3.23. The van der Waals surface area contributed by atoms with Gasteiger partial charge in [-0.25, -0.2) is 4.79 Å². The summed E-state index contributed by atoms with van der Waals surface area (Å²) in [5, 5.41) is 0. The molecule has 0 heterocycles. The van der Waals surface area contributed by atoms with Gasteiger partial charge in [0.1, 0.15) is 5.75 Å². The molecule has 0 aliphatic carbocycles. The molecule has 0 spiro atoms. The molecule has 106 valence electrons. The van der Waals surface area contributed by atoms with Crippen LogP contribution in [0.4, 0.5) is 0 Å². The molecule has 2 aromatic carbocycles.